The molecule has 0 aliphatic carbocycles. The largest absolute Gasteiger partial charge is 0.497 e. The van der Waals surface area contributed by atoms with E-state index in [2.05, 4.69) is 12.1 Å². The van der Waals surface area contributed by atoms with Gasteiger partial charge in [-0.15, -0.1) is 11.8 Å². The summed E-state index contributed by atoms with van der Waals surface area (Å²) < 4.78 is 10.3. The molecular weight excluding hydrogens is 396 g/mol. The van der Waals surface area contributed by atoms with Gasteiger partial charge in [0.1, 0.15) is 5.75 Å². The van der Waals surface area contributed by atoms with Crippen molar-refractivity contribution in [2.24, 2.45) is 5.92 Å². The molecule has 4 rings (SSSR count). The van der Waals surface area contributed by atoms with E-state index in [1.165, 1.54) is 0 Å². The number of carbonyl (C=O) groups is 1. The zero-order chi connectivity index (χ0) is 20.4. The zero-order valence-corrected chi connectivity index (χ0v) is 18.0. The molecule has 0 saturated carbocycles. The summed E-state index contributed by atoms with van der Waals surface area (Å²) in [5.74, 6) is 0.385. The molecule has 2 aliphatic heterocycles. The van der Waals surface area contributed by atoms with Crippen LogP contribution in [-0.4, -0.2) is 43.4 Å². The van der Waals surface area contributed by atoms with Crippen molar-refractivity contribution in [3.05, 3.63) is 35.5 Å². The summed E-state index contributed by atoms with van der Waals surface area (Å²) in [6.07, 6.45) is 0. The number of hydrogen-bond acceptors (Lipinski definition) is 6. The van der Waals surface area contributed by atoms with Crippen molar-refractivity contribution in [1.82, 2.24) is 10.1 Å². The molecule has 0 spiro atoms. The van der Waals surface area contributed by atoms with Gasteiger partial charge in [0.2, 0.25) is 0 Å². The molecule has 2 aliphatic rings. The number of fused-ring (bicyclic) bond motifs is 1. The average molecular weight is 419 g/mol. The van der Waals surface area contributed by atoms with Gasteiger partial charge in [-0.3, -0.25) is 0 Å². The van der Waals surface area contributed by atoms with Crippen molar-refractivity contribution >= 4 is 34.9 Å². The minimum atomic E-state index is -1.36. The van der Waals surface area contributed by atoms with Crippen LogP contribution in [0.15, 0.2) is 28.8 Å². The van der Waals surface area contributed by atoms with Gasteiger partial charge in [0.05, 0.1) is 33.5 Å². The summed E-state index contributed by atoms with van der Waals surface area (Å²) in [7, 11) is 1.60. The predicted molar refractivity (Wildman–Crippen MR) is 112 cm³/mol. The number of methoxy groups -OCH3 is 1. The van der Waals surface area contributed by atoms with Crippen LogP contribution in [0.5, 0.6) is 5.75 Å². The molecule has 1 aromatic carbocycles. The van der Waals surface area contributed by atoms with Crippen LogP contribution in [-0.2, 0) is 10.3 Å². The molecule has 2 fully saturated rings. The second-order valence-electron chi connectivity index (χ2n) is 7.73. The van der Waals surface area contributed by atoms with Gasteiger partial charge in [-0.2, -0.15) is 0 Å². The first kappa shape index (κ1) is 19.3. The highest BCUT2D eigenvalue weighted by molar-refractivity contribution is 8.01. The van der Waals surface area contributed by atoms with E-state index in [-0.39, 0.29) is 11.3 Å². The van der Waals surface area contributed by atoms with Crippen LogP contribution in [0.1, 0.15) is 32.0 Å². The molecule has 0 bridgehead atoms. The lowest BCUT2D eigenvalue weighted by molar-refractivity contribution is -0.152. The number of aryl methyl sites for hydroxylation is 1. The first-order chi connectivity index (χ1) is 13.2. The van der Waals surface area contributed by atoms with Gasteiger partial charge in [-0.25, -0.2) is 4.79 Å². The van der Waals surface area contributed by atoms with Crippen LogP contribution in [0.2, 0.25) is 0 Å². The van der Waals surface area contributed by atoms with E-state index in [0.29, 0.717) is 27.8 Å². The minimum Gasteiger partial charge on any atom is -0.497 e. The number of rotatable bonds is 4. The first-order valence-electron chi connectivity index (χ1n) is 9.02. The fraction of sp³-hybridized carbons (Fsp3) is 0.450. The summed E-state index contributed by atoms with van der Waals surface area (Å²) in [4.78, 5) is 15.5. The predicted octanol–water partition coefficient (Wildman–Crippen LogP) is 4.07. The molecule has 1 N–H and O–H groups in total. The quantitative estimate of drug-likeness (QED) is 0.745. The Morgan fingerprint density at radius 3 is 2.57 bits per heavy atom. The Labute approximate surface area is 173 Å². The van der Waals surface area contributed by atoms with Crippen LogP contribution in [0.25, 0.3) is 11.3 Å². The third-order valence-corrected chi connectivity index (χ3v) is 8.16. The first-order valence-corrected chi connectivity index (χ1v) is 10.3. The van der Waals surface area contributed by atoms with E-state index in [0.717, 1.165) is 5.56 Å². The summed E-state index contributed by atoms with van der Waals surface area (Å²) in [6, 6.07) is 7.33. The highest BCUT2D eigenvalue weighted by Crippen LogP contribution is 2.64. The van der Waals surface area contributed by atoms with Crippen LogP contribution in [0, 0.1) is 12.8 Å². The topological polar surface area (TPSA) is 75.8 Å². The van der Waals surface area contributed by atoms with Crippen LogP contribution >= 0.6 is 24.0 Å². The SMILES string of the molecule is COc1ccc(-c2onc(C)c2[C@@]2(C(=O)O)N3C(=S)[C@@H](C)[C@H]3SC2(C)C)cc1. The maximum atomic E-state index is 12.9. The molecule has 148 valence electrons. The Hall–Kier alpha value is -2.06. The molecule has 2 saturated heterocycles. The number of carboxylic acids is 1. The van der Waals surface area contributed by atoms with Crippen molar-refractivity contribution in [3.8, 4) is 17.1 Å². The molecule has 3 heterocycles. The van der Waals surface area contributed by atoms with E-state index in [9.17, 15) is 9.90 Å². The van der Waals surface area contributed by atoms with E-state index < -0.39 is 16.3 Å². The average Bonchev–Trinajstić information content (AvgIpc) is 3.15. The summed E-state index contributed by atoms with van der Waals surface area (Å²) in [5, 5.41) is 14.7. The lowest BCUT2D eigenvalue weighted by atomic mass is 9.73. The van der Waals surface area contributed by atoms with Crippen LogP contribution in [0.3, 0.4) is 0 Å². The van der Waals surface area contributed by atoms with E-state index in [1.54, 1.807) is 25.8 Å². The van der Waals surface area contributed by atoms with Gasteiger partial charge in [0.25, 0.3) is 0 Å². The maximum Gasteiger partial charge on any atom is 0.336 e. The normalized spacial score (nSPS) is 28.0. The van der Waals surface area contributed by atoms with E-state index in [4.69, 9.17) is 21.5 Å². The lowest BCUT2D eigenvalue weighted by Crippen LogP contribution is -2.67. The summed E-state index contributed by atoms with van der Waals surface area (Å²) >= 11 is 7.26. The second kappa shape index (κ2) is 6.22. The van der Waals surface area contributed by atoms with E-state index >= 15 is 0 Å². The van der Waals surface area contributed by atoms with Crippen molar-refractivity contribution in [1.29, 1.82) is 0 Å². The molecule has 6 nitrogen and oxygen atoms in total. The fourth-order valence-corrected chi connectivity index (χ4v) is 6.72. The van der Waals surface area contributed by atoms with Crippen LogP contribution in [0.4, 0.5) is 0 Å². The van der Waals surface area contributed by atoms with Gasteiger partial charge >= 0.3 is 5.97 Å². The number of benzene rings is 1. The minimum absolute atomic E-state index is 0.0246. The lowest BCUT2D eigenvalue weighted by Gasteiger charge is -2.51. The summed E-state index contributed by atoms with van der Waals surface area (Å²) in [5.41, 5.74) is 0.524. The molecule has 2 aromatic rings. The monoisotopic (exact) mass is 418 g/mol. The molecule has 28 heavy (non-hydrogen) atoms. The molecule has 0 amide bonds. The highest BCUT2D eigenvalue weighted by atomic mass is 32.2. The standard InChI is InChI=1S/C20H22N2O4S2/c1-10-16(27)22-17(10)28-19(3,4)20(22,18(23)24)14-11(2)21-26-15(14)12-6-8-13(25-5)9-7-12/h6-10,17H,1-5H3,(H,23,24)/t10-,17-,20+/m1/s1. The molecular formula is C20H22N2O4S2. The number of ether oxygens (including phenoxy) is 1. The molecule has 8 heteroatoms. The molecule has 0 radical (unpaired) electrons. The number of thiocarbonyl (C=S) groups is 1. The number of nitrogens with zero attached hydrogens (tertiary/aromatic N) is 2. The Kier molecular flexibility index (Phi) is 4.28. The van der Waals surface area contributed by atoms with Gasteiger partial charge < -0.3 is 19.3 Å². The molecule has 3 atom stereocenters. The van der Waals surface area contributed by atoms with Gasteiger partial charge in [0, 0.05) is 11.5 Å². The second-order valence-corrected chi connectivity index (χ2v) is 9.89. The van der Waals surface area contributed by atoms with Crippen molar-refractivity contribution in [3.63, 3.8) is 0 Å². The number of thioether (sulfide) groups is 1. The Morgan fingerprint density at radius 1 is 1.36 bits per heavy atom. The third kappa shape index (κ3) is 2.24. The van der Waals surface area contributed by atoms with Gasteiger partial charge in [-0.05, 0) is 45.0 Å². The van der Waals surface area contributed by atoms with E-state index in [1.807, 2.05) is 43.0 Å². The third-order valence-electron chi connectivity index (χ3n) is 5.84. The van der Waals surface area contributed by atoms with Crippen molar-refractivity contribution in [2.75, 3.05) is 7.11 Å². The van der Waals surface area contributed by atoms with Gasteiger partial charge in [0.15, 0.2) is 11.3 Å². The number of hydrogen-bond donors (Lipinski definition) is 1. The summed E-state index contributed by atoms with van der Waals surface area (Å²) in [6.45, 7) is 7.76. The number of aliphatic carboxylic acids is 1. The van der Waals surface area contributed by atoms with Crippen molar-refractivity contribution in [2.45, 2.75) is 43.4 Å². The zero-order valence-electron chi connectivity index (χ0n) is 16.3. The Balaban J connectivity index is 1.97. The van der Waals surface area contributed by atoms with Gasteiger partial charge in [-0.1, -0.05) is 24.3 Å². The van der Waals surface area contributed by atoms with Crippen molar-refractivity contribution < 1.29 is 19.2 Å². The highest BCUT2D eigenvalue weighted by Gasteiger charge is 2.72. The smallest absolute Gasteiger partial charge is 0.336 e. The molecule has 1 aromatic heterocycles. The fourth-order valence-electron chi connectivity index (χ4n) is 4.42. The number of carboxylic acid groups (broad SMARTS) is 1. The molecule has 0 unspecified atom stereocenters. The Morgan fingerprint density at radius 2 is 2.00 bits per heavy atom. The van der Waals surface area contributed by atoms with Crippen LogP contribution < -0.4 is 4.74 Å². The number of aromatic nitrogens is 1. The Bertz CT molecular complexity index is 969. The maximum absolute atomic E-state index is 12.9.